The van der Waals surface area contributed by atoms with Gasteiger partial charge in [-0.3, -0.25) is 0 Å². The number of ether oxygens (including phenoxy) is 1. The van der Waals surface area contributed by atoms with Gasteiger partial charge in [0.15, 0.2) is 5.96 Å². The van der Waals surface area contributed by atoms with Gasteiger partial charge in [-0.1, -0.05) is 0 Å². The number of rotatable bonds is 7. The molecule has 0 aromatic carbocycles. The van der Waals surface area contributed by atoms with Crippen LogP contribution in [0.5, 0.6) is 0 Å². The fourth-order valence-corrected chi connectivity index (χ4v) is 2.01. The van der Waals surface area contributed by atoms with Crippen LogP contribution in [0.4, 0.5) is 0 Å². The van der Waals surface area contributed by atoms with Crippen molar-refractivity contribution in [2.45, 2.75) is 31.8 Å². The molecule has 0 amide bonds. The van der Waals surface area contributed by atoms with Gasteiger partial charge in [0.1, 0.15) is 5.01 Å². The van der Waals surface area contributed by atoms with E-state index in [1.807, 2.05) is 11.6 Å². The summed E-state index contributed by atoms with van der Waals surface area (Å²) in [5, 5.41) is 9.75. The van der Waals surface area contributed by atoms with Crippen LogP contribution in [0.2, 0.25) is 0 Å². The number of thiazole rings is 1. The minimum atomic E-state index is 0.606. The lowest BCUT2D eigenvalue weighted by Gasteiger charge is -2.11. The highest BCUT2D eigenvalue weighted by molar-refractivity contribution is 7.09. The number of hydrogen-bond donors (Lipinski definition) is 2. The second-order valence-electron chi connectivity index (χ2n) is 4.28. The Hall–Kier alpha value is -1.14. The van der Waals surface area contributed by atoms with Crippen LogP contribution in [0.25, 0.3) is 0 Å². The molecule has 1 saturated carbocycles. The SMILES string of the molecule is COCCCNC(=NCc1nccs1)NC1CC1. The van der Waals surface area contributed by atoms with E-state index in [9.17, 15) is 0 Å². The molecule has 1 aliphatic rings. The number of nitrogens with one attached hydrogen (secondary N) is 2. The molecule has 0 aliphatic heterocycles. The average molecular weight is 268 g/mol. The summed E-state index contributed by atoms with van der Waals surface area (Å²) in [5.74, 6) is 0.892. The smallest absolute Gasteiger partial charge is 0.191 e. The minimum absolute atomic E-state index is 0.606. The minimum Gasteiger partial charge on any atom is -0.385 e. The molecule has 6 heteroatoms. The third-order valence-electron chi connectivity index (χ3n) is 2.59. The summed E-state index contributed by atoms with van der Waals surface area (Å²) in [7, 11) is 1.72. The molecule has 0 atom stereocenters. The summed E-state index contributed by atoms with van der Waals surface area (Å²) in [5.41, 5.74) is 0. The van der Waals surface area contributed by atoms with Gasteiger partial charge in [0.2, 0.25) is 0 Å². The number of guanidine groups is 1. The number of aromatic nitrogens is 1. The molecule has 0 unspecified atom stereocenters. The first-order valence-corrected chi connectivity index (χ1v) is 7.18. The molecule has 2 rings (SSSR count). The van der Waals surface area contributed by atoms with Crippen molar-refractivity contribution in [1.29, 1.82) is 0 Å². The summed E-state index contributed by atoms with van der Waals surface area (Å²) >= 11 is 1.64. The van der Waals surface area contributed by atoms with Crippen molar-refractivity contribution in [3.8, 4) is 0 Å². The van der Waals surface area contributed by atoms with Gasteiger partial charge in [-0.15, -0.1) is 11.3 Å². The van der Waals surface area contributed by atoms with Gasteiger partial charge < -0.3 is 15.4 Å². The first kappa shape index (κ1) is 13.3. The fraction of sp³-hybridized carbons (Fsp3) is 0.667. The zero-order chi connectivity index (χ0) is 12.6. The maximum Gasteiger partial charge on any atom is 0.191 e. The highest BCUT2D eigenvalue weighted by atomic mass is 32.1. The fourth-order valence-electron chi connectivity index (χ4n) is 1.47. The normalized spacial score (nSPS) is 15.7. The topological polar surface area (TPSA) is 58.5 Å². The Labute approximate surface area is 112 Å². The van der Waals surface area contributed by atoms with Gasteiger partial charge >= 0.3 is 0 Å². The van der Waals surface area contributed by atoms with Crippen molar-refractivity contribution in [2.24, 2.45) is 4.99 Å². The zero-order valence-electron chi connectivity index (χ0n) is 10.7. The largest absolute Gasteiger partial charge is 0.385 e. The van der Waals surface area contributed by atoms with E-state index in [-0.39, 0.29) is 0 Å². The van der Waals surface area contributed by atoms with E-state index in [2.05, 4.69) is 20.6 Å². The molecule has 1 heterocycles. The maximum atomic E-state index is 5.03. The Morgan fingerprint density at radius 3 is 3.17 bits per heavy atom. The van der Waals surface area contributed by atoms with Gasteiger partial charge in [0.25, 0.3) is 0 Å². The van der Waals surface area contributed by atoms with Crippen LogP contribution in [0.3, 0.4) is 0 Å². The highest BCUT2D eigenvalue weighted by Gasteiger charge is 2.22. The van der Waals surface area contributed by atoms with E-state index in [1.165, 1.54) is 12.8 Å². The maximum absolute atomic E-state index is 5.03. The molecule has 1 aliphatic carbocycles. The lowest BCUT2D eigenvalue weighted by atomic mass is 10.4. The van der Waals surface area contributed by atoms with Crippen LogP contribution in [0.1, 0.15) is 24.3 Å². The Balaban J connectivity index is 1.77. The molecule has 0 bridgehead atoms. The predicted molar refractivity (Wildman–Crippen MR) is 73.9 cm³/mol. The Kier molecular flexibility index (Phi) is 5.41. The number of methoxy groups -OCH3 is 1. The quantitative estimate of drug-likeness (QED) is 0.445. The third kappa shape index (κ3) is 5.01. The molecule has 1 aromatic heterocycles. The summed E-state index contributed by atoms with van der Waals surface area (Å²) in [6.07, 6.45) is 5.29. The molecule has 2 N–H and O–H groups in total. The number of aliphatic imine (C=N–C) groups is 1. The van der Waals surface area contributed by atoms with E-state index < -0.39 is 0 Å². The molecule has 0 saturated heterocycles. The van der Waals surface area contributed by atoms with Crippen molar-refractivity contribution in [3.63, 3.8) is 0 Å². The summed E-state index contributed by atoms with van der Waals surface area (Å²) in [6, 6.07) is 0.606. The van der Waals surface area contributed by atoms with Gasteiger partial charge in [-0.05, 0) is 19.3 Å². The standard InChI is InChI=1S/C12H20N4OS/c1-17-7-2-5-14-12(16-10-3-4-10)15-9-11-13-6-8-18-11/h6,8,10H,2-5,7,9H2,1H3,(H2,14,15,16). The molecular weight excluding hydrogens is 248 g/mol. The Bertz CT molecular complexity index is 362. The summed E-state index contributed by atoms with van der Waals surface area (Å²) in [6.45, 7) is 2.30. The molecule has 1 aromatic rings. The monoisotopic (exact) mass is 268 g/mol. The number of hydrogen-bond acceptors (Lipinski definition) is 4. The molecule has 100 valence electrons. The molecule has 18 heavy (non-hydrogen) atoms. The average Bonchev–Trinajstić information content (AvgIpc) is 3.04. The van der Waals surface area contributed by atoms with Gasteiger partial charge in [-0.2, -0.15) is 0 Å². The second-order valence-corrected chi connectivity index (χ2v) is 5.26. The van der Waals surface area contributed by atoms with Gasteiger partial charge in [0, 0.05) is 37.9 Å². The molecule has 5 nitrogen and oxygen atoms in total. The molecular formula is C12H20N4OS. The lowest BCUT2D eigenvalue weighted by Crippen LogP contribution is -2.39. The van der Waals surface area contributed by atoms with Gasteiger partial charge in [0.05, 0.1) is 6.54 Å². The Morgan fingerprint density at radius 1 is 1.61 bits per heavy atom. The van der Waals surface area contributed by atoms with Crippen LogP contribution in [0, 0.1) is 0 Å². The van der Waals surface area contributed by atoms with Crippen LogP contribution >= 0.6 is 11.3 Å². The van der Waals surface area contributed by atoms with Crippen LogP contribution in [0.15, 0.2) is 16.6 Å². The highest BCUT2D eigenvalue weighted by Crippen LogP contribution is 2.18. The van der Waals surface area contributed by atoms with E-state index in [0.717, 1.165) is 30.5 Å². The van der Waals surface area contributed by atoms with Crippen molar-refractivity contribution in [3.05, 3.63) is 16.6 Å². The second kappa shape index (κ2) is 7.33. The lowest BCUT2D eigenvalue weighted by molar-refractivity contribution is 0.195. The van der Waals surface area contributed by atoms with Crippen LogP contribution in [-0.4, -0.2) is 37.2 Å². The summed E-state index contributed by atoms with van der Waals surface area (Å²) in [4.78, 5) is 8.77. The number of nitrogens with zero attached hydrogens (tertiary/aromatic N) is 2. The first-order chi connectivity index (χ1) is 8.88. The molecule has 0 spiro atoms. The van der Waals surface area contributed by atoms with Gasteiger partial charge in [-0.25, -0.2) is 9.98 Å². The van der Waals surface area contributed by atoms with Crippen molar-refractivity contribution >= 4 is 17.3 Å². The van der Waals surface area contributed by atoms with Crippen molar-refractivity contribution < 1.29 is 4.74 Å². The first-order valence-electron chi connectivity index (χ1n) is 6.30. The van der Waals surface area contributed by atoms with E-state index in [4.69, 9.17) is 4.74 Å². The Morgan fingerprint density at radius 2 is 2.50 bits per heavy atom. The van der Waals surface area contributed by atoms with E-state index in [1.54, 1.807) is 18.4 Å². The van der Waals surface area contributed by atoms with Crippen molar-refractivity contribution in [1.82, 2.24) is 15.6 Å². The van der Waals surface area contributed by atoms with E-state index in [0.29, 0.717) is 12.6 Å². The molecule has 0 radical (unpaired) electrons. The third-order valence-corrected chi connectivity index (χ3v) is 3.36. The predicted octanol–water partition coefficient (Wildman–Crippen LogP) is 1.38. The van der Waals surface area contributed by atoms with Crippen LogP contribution < -0.4 is 10.6 Å². The molecule has 1 fully saturated rings. The van der Waals surface area contributed by atoms with Crippen LogP contribution in [-0.2, 0) is 11.3 Å². The zero-order valence-corrected chi connectivity index (χ0v) is 11.5. The van der Waals surface area contributed by atoms with E-state index >= 15 is 0 Å². The summed E-state index contributed by atoms with van der Waals surface area (Å²) < 4.78 is 5.03. The van der Waals surface area contributed by atoms with Crippen molar-refractivity contribution in [2.75, 3.05) is 20.3 Å².